The highest BCUT2D eigenvalue weighted by Crippen LogP contribution is 2.39. The molecule has 28 heavy (non-hydrogen) atoms. The number of nitrogens with one attached hydrogen (secondary N) is 1. The van der Waals surface area contributed by atoms with E-state index in [-0.39, 0.29) is 11.3 Å². The maximum atomic E-state index is 12.7. The molecule has 2 rings (SSSR count). The number of amides is 1. The van der Waals surface area contributed by atoms with Crippen LogP contribution in [-0.4, -0.2) is 25.7 Å². The van der Waals surface area contributed by atoms with Crippen LogP contribution in [0.25, 0.3) is 0 Å². The predicted molar refractivity (Wildman–Crippen MR) is 99.3 cm³/mol. The van der Waals surface area contributed by atoms with E-state index in [0.29, 0.717) is 37.1 Å². The summed E-state index contributed by atoms with van der Waals surface area (Å²) in [6.07, 6.45) is -4.43. The summed E-state index contributed by atoms with van der Waals surface area (Å²) in [5, 5.41) is 2.57. The van der Waals surface area contributed by atoms with Gasteiger partial charge < -0.3 is 19.5 Å². The van der Waals surface area contributed by atoms with Crippen molar-refractivity contribution < 1.29 is 32.2 Å². The number of anilines is 1. The van der Waals surface area contributed by atoms with Crippen LogP contribution in [0.4, 0.5) is 18.9 Å². The maximum Gasteiger partial charge on any atom is 0.416 e. The zero-order valence-electron chi connectivity index (χ0n) is 15.9. The minimum atomic E-state index is -4.43. The molecule has 0 spiro atoms. The summed E-state index contributed by atoms with van der Waals surface area (Å²) in [6.45, 7) is 6.51. The number of hydrogen-bond acceptors (Lipinski definition) is 4. The molecule has 0 saturated carbocycles. The lowest BCUT2D eigenvalue weighted by Crippen LogP contribution is -2.14. The molecular weight excluding hydrogens is 375 g/mol. The summed E-state index contributed by atoms with van der Waals surface area (Å²) in [6, 6.07) is 7.23. The normalized spacial score (nSPS) is 11.1. The average Bonchev–Trinajstić information content (AvgIpc) is 2.64. The zero-order chi connectivity index (χ0) is 20.7. The molecule has 0 fully saturated rings. The second-order valence-electron chi connectivity index (χ2n) is 5.63. The van der Waals surface area contributed by atoms with Gasteiger partial charge in [0.2, 0.25) is 5.75 Å². The van der Waals surface area contributed by atoms with E-state index in [1.54, 1.807) is 13.8 Å². The van der Waals surface area contributed by atoms with Crippen LogP contribution in [0.15, 0.2) is 36.4 Å². The summed E-state index contributed by atoms with van der Waals surface area (Å²) >= 11 is 0. The van der Waals surface area contributed by atoms with E-state index >= 15 is 0 Å². The number of ether oxygens (including phenoxy) is 3. The van der Waals surface area contributed by atoms with Gasteiger partial charge in [-0.1, -0.05) is 0 Å². The fraction of sp³-hybridized carbons (Fsp3) is 0.350. The number of halogens is 3. The van der Waals surface area contributed by atoms with E-state index in [2.05, 4.69) is 5.32 Å². The van der Waals surface area contributed by atoms with Crippen LogP contribution >= 0.6 is 0 Å². The van der Waals surface area contributed by atoms with Gasteiger partial charge in [0, 0.05) is 11.3 Å². The van der Waals surface area contributed by atoms with Crippen molar-refractivity contribution in [3.8, 4) is 17.2 Å². The Labute approximate surface area is 161 Å². The van der Waals surface area contributed by atoms with Crippen LogP contribution in [0.3, 0.4) is 0 Å². The van der Waals surface area contributed by atoms with E-state index in [1.807, 2.05) is 6.92 Å². The highest BCUT2D eigenvalue weighted by Gasteiger charge is 2.30. The van der Waals surface area contributed by atoms with Gasteiger partial charge in [-0.25, -0.2) is 0 Å². The minimum absolute atomic E-state index is 0.232. The van der Waals surface area contributed by atoms with Gasteiger partial charge in [-0.05, 0) is 57.2 Å². The summed E-state index contributed by atoms with van der Waals surface area (Å²) in [5.74, 6) is 0.600. The Balaban J connectivity index is 2.31. The molecule has 2 aromatic rings. The Bertz CT molecular complexity index is 777. The Hall–Kier alpha value is -2.90. The van der Waals surface area contributed by atoms with Gasteiger partial charge in [-0.15, -0.1) is 0 Å². The molecule has 0 heterocycles. The van der Waals surface area contributed by atoms with E-state index in [4.69, 9.17) is 14.2 Å². The molecule has 0 bridgehead atoms. The standard InChI is InChI=1S/C20H22F3NO4/c1-4-26-16-11-13(12-17(27-5-2)18(16)28-6-3)19(25)24-15-9-7-14(8-10-15)20(21,22)23/h7-12H,4-6H2,1-3H3,(H,24,25). The lowest BCUT2D eigenvalue weighted by Gasteiger charge is -2.17. The van der Waals surface area contributed by atoms with Gasteiger partial charge in [0.1, 0.15) is 0 Å². The number of alkyl halides is 3. The number of carbonyl (C=O) groups is 1. The van der Waals surface area contributed by atoms with Crippen molar-refractivity contribution in [2.24, 2.45) is 0 Å². The quantitative estimate of drug-likeness (QED) is 0.669. The monoisotopic (exact) mass is 397 g/mol. The molecule has 0 aliphatic carbocycles. The smallest absolute Gasteiger partial charge is 0.416 e. The van der Waals surface area contributed by atoms with Crippen molar-refractivity contribution in [2.75, 3.05) is 25.1 Å². The molecule has 152 valence electrons. The van der Waals surface area contributed by atoms with Crippen LogP contribution in [0.5, 0.6) is 17.2 Å². The number of rotatable bonds is 8. The zero-order valence-corrected chi connectivity index (χ0v) is 15.9. The van der Waals surface area contributed by atoms with Crippen molar-refractivity contribution >= 4 is 11.6 Å². The van der Waals surface area contributed by atoms with E-state index < -0.39 is 17.6 Å². The largest absolute Gasteiger partial charge is 0.490 e. The van der Waals surface area contributed by atoms with Gasteiger partial charge in [0.25, 0.3) is 5.91 Å². The second-order valence-corrected chi connectivity index (χ2v) is 5.63. The Morgan fingerprint density at radius 3 is 1.82 bits per heavy atom. The molecule has 0 atom stereocenters. The summed E-state index contributed by atoms with van der Waals surface area (Å²) in [4.78, 5) is 12.6. The third-order valence-electron chi connectivity index (χ3n) is 3.64. The first-order valence-corrected chi connectivity index (χ1v) is 8.85. The lowest BCUT2D eigenvalue weighted by molar-refractivity contribution is -0.137. The molecule has 1 amide bonds. The number of carbonyl (C=O) groups excluding carboxylic acids is 1. The average molecular weight is 397 g/mol. The fourth-order valence-electron chi connectivity index (χ4n) is 2.47. The lowest BCUT2D eigenvalue weighted by atomic mass is 10.1. The third kappa shape index (κ3) is 5.31. The van der Waals surface area contributed by atoms with Crippen molar-refractivity contribution in [3.63, 3.8) is 0 Å². The molecule has 0 saturated heterocycles. The molecule has 5 nitrogen and oxygen atoms in total. The van der Waals surface area contributed by atoms with Gasteiger partial charge in [0.05, 0.1) is 25.4 Å². The molecule has 2 aromatic carbocycles. The van der Waals surface area contributed by atoms with Crippen LogP contribution in [-0.2, 0) is 6.18 Å². The second kappa shape index (κ2) is 9.34. The first kappa shape index (κ1) is 21.4. The van der Waals surface area contributed by atoms with Gasteiger partial charge in [0.15, 0.2) is 11.5 Å². The Morgan fingerprint density at radius 2 is 1.39 bits per heavy atom. The van der Waals surface area contributed by atoms with Gasteiger partial charge in [-0.2, -0.15) is 13.2 Å². The highest BCUT2D eigenvalue weighted by molar-refractivity contribution is 6.05. The third-order valence-corrected chi connectivity index (χ3v) is 3.64. The van der Waals surface area contributed by atoms with E-state index in [1.165, 1.54) is 24.3 Å². The number of hydrogen-bond donors (Lipinski definition) is 1. The van der Waals surface area contributed by atoms with Crippen LogP contribution < -0.4 is 19.5 Å². The minimum Gasteiger partial charge on any atom is -0.490 e. The van der Waals surface area contributed by atoms with Crippen molar-refractivity contribution in [2.45, 2.75) is 26.9 Å². The summed E-state index contributed by atoms with van der Waals surface area (Å²) in [7, 11) is 0. The maximum absolute atomic E-state index is 12.7. The van der Waals surface area contributed by atoms with Crippen LogP contribution in [0, 0.1) is 0 Å². The Kier molecular flexibility index (Phi) is 7.14. The SMILES string of the molecule is CCOc1cc(C(=O)Nc2ccc(C(F)(F)F)cc2)cc(OCC)c1OCC. The molecule has 0 radical (unpaired) electrons. The van der Waals surface area contributed by atoms with Crippen molar-refractivity contribution in [3.05, 3.63) is 47.5 Å². The first-order valence-electron chi connectivity index (χ1n) is 8.85. The van der Waals surface area contributed by atoms with Gasteiger partial charge in [-0.3, -0.25) is 4.79 Å². The summed E-state index contributed by atoms with van der Waals surface area (Å²) < 4.78 is 54.7. The van der Waals surface area contributed by atoms with Crippen LogP contribution in [0.2, 0.25) is 0 Å². The molecule has 0 aliphatic rings. The molecule has 8 heteroatoms. The first-order chi connectivity index (χ1) is 13.3. The number of benzene rings is 2. The molecule has 0 unspecified atom stereocenters. The van der Waals surface area contributed by atoms with E-state index in [0.717, 1.165) is 12.1 Å². The summed E-state index contributed by atoms with van der Waals surface area (Å²) in [5.41, 5.74) is -0.318. The van der Waals surface area contributed by atoms with Crippen LogP contribution in [0.1, 0.15) is 36.7 Å². The predicted octanol–water partition coefficient (Wildman–Crippen LogP) is 5.15. The highest BCUT2D eigenvalue weighted by atomic mass is 19.4. The fourth-order valence-corrected chi connectivity index (χ4v) is 2.47. The van der Waals surface area contributed by atoms with Crippen molar-refractivity contribution in [1.29, 1.82) is 0 Å². The molecular formula is C20H22F3NO4. The molecule has 1 N–H and O–H groups in total. The Morgan fingerprint density at radius 1 is 0.893 bits per heavy atom. The molecule has 0 aliphatic heterocycles. The topological polar surface area (TPSA) is 56.8 Å². The van der Waals surface area contributed by atoms with E-state index in [9.17, 15) is 18.0 Å². The van der Waals surface area contributed by atoms with Crippen molar-refractivity contribution in [1.82, 2.24) is 0 Å². The molecule has 0 aromatic heterocycles. The van der Waals surface area contributed by atoms with Gasteiger partial charge >= 0.3 is 6.18 Å².